The molecule has 8 N–H and O–H groups in total. The third-order valence-corrected chi connectivity index (χ3v) is 13.6. The second kappa shape index (κ2) is 11.9. The van der Waals surface area contributed by atoms with Gasteiger partial charge in [0.1, 0.15) is 0 Å². The average Bonchev–Trinajstić information content (AvgIpc) is 3.73. The summed E-state index contributed by atoms with van der Waals surface area (Å²) < 4.78 is 0. The summed E-state index contributed by atoms with van der Waals surface area (Å²) in [6.45, 7) is 0. The van der Waals surface area contributed by atoms with Crippen molar-refractivity contribution in [1.29, 1.82) is 0 Å². The Balaban J connectivity index is 0.00000256. The van der Waals surface area contributed by atoms with Crippen molar-refractivity contribution in [2.24, 2.45) is 47.3 Å². The zero-order valence-electron chi connectivity index (χ0n) is 24.9. The standard InChI is InChI=1S/C32H55N8.V/c1-2-10-18-17(9-1)25-33-26(18)38-28-21-13-5-6-14-22(21)30(35-28)40-32-24-16-8-7-15-23(24)31(36-32)39-29-20-12-4-3-11-19(20)27(34-29)37-25;/h9,17-40H,1-8,10-16H2;/q-1;. The van der Waals surface area contributed by atoms with Crippen LogP contribution in [0, 0.1) is 53.8 Å². The molecule has 5 heterocycles. The van der Waals surface area contributed by atoms with Crippen LogP contribution in [0.25, 0.3) is 0 Å². The molecular formula is C32H55N8V-. The summed E-state index contributed by atoms with van der Waals surface area (Å²) in [6.07, 6.45) is 26.4. The molecule has 16 atom stereocenters. The SMILES string of the molecule is [CH-]1CCCC2C3NC(NC4NC(NC5NC(NC6NC(N3)C3CCCCC63)C3CCCCC53)C3CCCCC43)C12.[V]. The molecule has 9 rings (SSSR count). The van der Waals surface area contributed by atoms with Crippen molar-refractivity contribution in [3.05, 3.63) is 6.42 Å². The molecule has 1 radical (unpaired) electrons. The summed E-state index contributed by atoms with van der Waals surface area (Å²) in [5, 5.41) is 33.7. The first-order chi connectivity index (χ1) is 19.8. The maximum Gasteiger partial charge on any atom is 0.0628 e. The van der Waals surface area contributed by atoms with Crippen molar-refractivity contribution >= 4 is 0 Å². The van der Waals surface area contributed by atoms with Crippen molar-refractivity contribution in [2.75, 3.05) is 0 Å². The van der Waals surface area contributed by atoms with Gasteiger partial charge in [-0.25, -0.2) is 0 Å². The zero-order chi connectivity index (χ0) is 26.2. The van der Waals surface area contributed by atoms with E-state index in [9.17, 15) is 0 Å². The van der Waals surface area contributed by atoms with E-state index in [1.165, 1.54) is 96.3 Å². The van der Waals surface area contributed by atoms with E-state index in [1.54, 1.807) is 0 Å². The van der Waals surface area contributed by atoms with Crippen LogP contribution in [0.5, 0.6) is 0 Å². The predicted octanol–water partition coefficient (Wildman–Crippen LogP) is 2.42. The van der Waals surface area contributed by atoms with Gasteiger partial charge in [-0.05, 0) is 80.0 Å². The summed E-state index contributed by atoms with van der Waals surface area (Å²) in [7, 11) is 0. The first-order valence-electron chi connectivity index (χ1n) is 17.7. The molecule has 0 aromatic heterocycles. The first kappa shape index (κ1) is 28.7. The summed E-state index contributed by atoms with van der Waals surface area (Å²) in [5.74, 6) is 5.74. The smallest absolute Gasteiger partial charge is 0.0628 e. The molecule has 4 aliphatic carbocycles. The van der Waals surface area contributed by atoms with Gasteiger partial charge in [0.2, 0.25) is 0 Å². The average molecular weight is 603 g/mol. The minimum atomic E-state index is 0. The van der Waals surface area contributed by atoms with Gasteiger partial charge in [0, 0.05) is 24.7 Å². The molecule has 0 amide bonds. The monoisotopic (exact) mass is 602 g/mol. The molecule has 0 aromatic rings. The van der Waals surface area contributed by atoms with Crippen molar-refractivity contribution < 1.29 is 18.6 Å². The molecule has 16 unspecified atom stereocenters. The summed E-state index contributed by atoms with van der Waals surface area (Å²) >= 11 is 0. The van der Waals surface area contributed by atoms with E-state index in [0.717, 1.165) is 35.5 Å². The van der Waals surface area contributed by atoms with Gasteiger partial charge in [0.25, 0.3) is 0 Å². The molecule has 8 bridgehead atoms. The van der Waals surface area contributed by atoms with Gasteiger partial charge in [0.05, 0.1) is 43.2 Å². The van der Waals surface area contributed by atoms with Crippen LogP contribution in [0.1, 0.15) is 96.3 Å². The molecule has 0 aromatic carbocycles. The molecule has 229 valence electrons. The minimum absolute atomic E-state index is 0. The van der Waals surface area contributed by atoms with Gasteiger partial charge in [0.15, 0.2) is 0 Å². The van der Waals surface area contributed by atoms with E-state index < -0.39 is 0 Å². The topological polar surface area (TPSA) is 96.2 Å². The van der Waals surface area contributed by atoms with Crippen molar-refractivity contribution in [3.8, 4) is 0 Å². The van der Waals surface area contributed by atoms with Crippen molar-refractivity contribution in [1.82, 2.24) is 42.5 Å². The minimum Gasteiger partial charge on any atom is -0.322 e. The van der Waals surface area contributed by atoms with Crippen LogP contribution >= 0.6 is 0 Å². The van der Waals surface area contributed by atoms with Gasteiger partial charge in [-0.1, -0.05) is 51.4 Å². The van der Waals surface area contributed by atoms with Gasteiger partial charge >= 0.3 is 0 Å². The molecule has 0 spiro atoms. The quantitative estimate of drug-likeness (QED) is 0.201. The number of rotatable bonds is 0. The van der Waals surface area contributed by atoms with Gasteiger partial charge < -0.3 is 6.42 Å². The largest absolute Gasteiger partial charge is 0.322 e. The van der Waals surface area contributed by atoms with Crippen LogP contribution in [0.2, 0.25) is 0 Å². The van der Waals surface area contributed by atoms with Crippen LogP contribution in [-0.2, 0) is 18.6 Å². The van der Waals surface area contributed by atoms with Crippen LogP contribution in [-0.4, -0.2) is 49.3 Å². The van der Waals surface area contributed by atoms with E-state index in [0.29, 0.717) is 61.2 Å². The van der Waals surface area contributed by atoms with Crippen molar-refractivity contribution in [2.45, 2.75) is 146 Å². The zero-order valence-corrected chi connectivity index (χ0v) is 26.3. The van der Waals surface area contributed by atoms with Gasteiger partial charge in [-0.15, -0.1) is 5.92 Å². The number of hydrogen-bond donors (Lipinski definition) is 8. The maximum absolute atomic E-state index is 4.25. The Bertz CT molecular complexity index is 716. The fourth-order valence-corrected chi connectivity index (χ4v) is 11.7. The summed E-state index contributed by atoms with van der Waals surface area (Å²) in [4.78, 5) is 0. The Morgan fingerprint density at radius 2 is 0.585 bits per heavy atom. The normalized spacial score (nSPS) is 56.2. The molecule has 9 aliphatic rings. The van der Waals surface area contributed by atoms with E-state index in [-0.39, 0.29) is 18.6 Å². The predicted molar refractivity (Wildman–Crippen MR) is 157 cm³/mol. The molecule has 8 nitrogen and oxygen atoms in total. The van der Waals surface area contributed by atoms with Gasteiger partial charge in [-0.2, -0.15) is 6.42 Å². The third-order valence-electron chi connectivity index (χ3n) is 13.6. The second-order valence-electron chi connectivity index (χ2n) is 15.4. The maximum atomic E-state index is 4.25. The number of nitrogens with one attached hydrogen (secondary N) is 8. The number of fused-ring (bicyclic) bond motifs is 20. The Kier molecular flexibility index (Phi) is 8.33. The summed E-state index contributed by atoms with van der Waals surface area (Å²) in [6, 6.07) is 0. The Morgan fingerprint density at radius 1 is 0.317 bits per heavy atom. The third kappa shape index (κ3) is 5.03. The van der Waals surface area contributed by atoms with Crippen LogP contribution in [0.4, 0.5) is 0 Å². The van der Waals surface area contributed by atoms with Crippen LogP contribution in [0.3, 0.4) is 0 Å². The van der Waals surface area contributed by atoms with Crippen LogP contribution < -0.4 is 42.5 Å². The van der Waals surface area contributed by atoms with E-state index in [4.69, 9.17) is 0 Å². The Morgan fingerprint density at radius 3 is 0.927 bits per heavy atom. The van der Waals surface area contributed by atoms with E-state index in [1.807, 2.05) is 0 Å². The Hall–Kier alpha value is 0.264. The molecule has 9 fully saturated rings. The summed E-state index contributed by atoms with van der Waals surface area (Å²) in [5.41, 5.74) is 0. The molecule has 5 aliphatic heterocycles. The molecule has 4 saturated carbocycles. The van der Waals surface area contributed by atoms with E-state index in [2.05, 4.69) is 49.0 Å². The first-order valence-corrected chi connectivity index (χ1v) is 17.7. The fraction of sp³-hybridized carbons (Fsp3) is 0.969. The fourth-order valence-electron chi connectivity index (χ4n) is 11.7. The molecule has 9 heteroatoms. The number of hydrogen-bond acceptors (Lipinski definition) is 8. The molecule has 41 heavy (non-hydrogen) atoms. The molecule has 5 saturated heterocycles. The van der Waals surface area contributed by atoms with Crippen LogP contribution in [0.15, 0.2) is 0 Å². The van der Waals surface area contributed by atoms with Crippen molar-refractivity contribution in [3.63, 3.8) is 0 Å². The molecular weight excluding hydrogens is 547 g/mol. The van der Waals surface area contributed by atoms with E-state index >= 15 is 0 Å². The second-order valence-corrected chi connectivity index (χ2v) is 15.4. The Labute approximate surface area is 259 Å². The van der Waals surface area contributed by atoms with Gasteiger partial charge in [-0.3, -0.25) is 42.5 Å².